The SMILES string of the molecule is O=C1CCN(Cc2ccccc2)C(=O)c2c1ccn2CCCCCl. The van der Waals surface area contributed by atoms with E-state index in [9.17, 15) is 9.59 Å². The lowest BCUT2D eigenvalue weighted by Crippen LogP contribution is -2.32. The van der Waals surface area contributed by atoms with E-state index in [1.807, 2.05) is 41.1 Å². The number of hydrogen-bond acceptors (Lipinski definition) is 2. The van der Waals surface area contributed by atoms with Crippen LogP contribution in [0.15, 0.2) is 42.6 Å². The normalized spacial score (nSPS) is 14.6. The van der Waals surface area contributed by atoms with Crippen LogP contribution in [0.2, 0.25) is 0 Å². The number of carbonyl (C=O) groups excluding carboxylic acids is 2. The van der Waals surface area contributed by atoms with E-state index in [2.05, 4.69) is 0 Å². The van der Waals surface area contributed by atoms with Crippen molar-refractivity contribution in [3.05, 3.63) is 59.4 Å². The van der Waals surface area contributed by atoms with Crippen molar-refractivity contribution in [2.75, 3.05) is 12.4 Å². The van der Waals surface area contributed by atoms with E-state index in [1.165, 1.54) is 0 Å². The Morgan fingerprint density at radius 3 is 2.58 bits per heavy atom. The number of alkyl halides is 1. The Balaban J connectivity index is 1.86. The van der Waals surface area contributed by atoms with Gasteiger partial charge in [-0.05, 0) is 24.5 Å². The van der Waals surface area contributed by atoms with E-state index >= 15 is 0 Å². The van der Waals surface area contributed by atoms with Gasteiger partial charge in [0.2, 0.25) is 0 Å². The highest BCUT2D eigenvalue weighted by atomic mass is 35.5. The van der Waals surface area contributed by atoms with Gasteiger partial charge < -0.3 is 9.47 Å². The van der Waals surface area contributed by atoms with Crippen LogP contribution in [0.1, 0.15) is 45.7 Å². The number of fused-ring (bicyclic) bond motifs is 1. The summed E-state index contributed by atoms with van der Waals surface area (Å²) >= 11 is 5.74. The fourth-order valence-electron chi connectivity index (χ4n) is 3.08. The third-order valence-electron chi connectivity index (χ3n) is 4.36. The van der Waals surface area contributed by atoms with Gasteiger partial charge in [0.25, 0.3) is 5.91 Å². The molecule has 1 aliphatic rings. The highest BCUT2D eigenvalue weighted by Crippen LogP contribution is 2.22. The molecule has 0 atom stereocenters. The summed E-state index contributed by atoms with van der Waals surface area (Å²) in [5.41, 5.74) is 2.16. The van der Waals surface area contributed by atoms with Crippen molar-refractivity contribution in [2.45, 2.75) is 32.4 Å². The number of aromatic nitrogens is 1. The first kappa shape index (κ1) is 16.8. The van der Waals surface area contributed by atoms with Crippen LogP contribution in [0, 0.1) is 0 Å². The third kappa shape index (κ3) is 3.54. The second-order valence-corrected chi connectivity index (χ2v) is 6.43. The molecule has 0 fully saturated rings. The molecule has 4 nitrogen and oxygen atoms in total. The molecule has 0 aliphatic carbocycles. The third-order valence-corrected chi connectivity index (χ3v) is 4.63. The molecule has 2 heterocycles. The Labute approximate surface area is 147 Å². The fraction of sp³-hybridized carbons (Fsp3) is 0.368. The molecule has 0 N–H and O–H groups in total. The number of Topliss-reactive ketones (excluding diaryl/α,β-unsaturated/α-hetero) is 1. The molecule has 0 spiro atoms. The number of benzene rings is 1. The van der Waals surface area contributed by atoms with Gasteiger partial charge in [-0.3, -0.25) is 9.59 Å². The summed E-state index contributed by atoms with van der Waals surface area (Å²) in [6.07, 6.45) is 4.01. The first-order valence-electron chi connectivity index (χ1n) is 8.32. The van der Waals surface area contributed by atoms with Crippen molar-refractivity contribution in [2.24, 2.45) is 0 Å². The maximum absolute atomic E-state index is 13.0. The van der Waals surface area contributed by atoms with Gasteiger partial charge in [-0.15, -0.1) is 11.6 Å². The zero-order valence-corrected chi connectivity index (χ0v) is 14.3. The van der Waals surface area contributed by atoms with Gasteiger partial charge in [0, 0.05) is 43.7 Å². The zero-order chi connectivity index (χ0) is 16.9. The highest BCUT2D eigenvalue weighted by molar-refractivity contribution is 6.17. The smallest absolute Gasteiger partial charge is 0.271 e. The maximum atomic E-state index is 13.0. The highest BCUT2D eigenvalue weighted by Gasteiger charge is 2.29. The molecule has 24 heavy (non-hydrogen) atoms. The summed E-state index contributed by atoms with van der Waals surface area (Å²) in [4.78, 5) is 27.2. The van der Waals surface area contributed by atoms with Crippen LogP contribution < -0.4 is 0 Å². The summed E-state index contributed by atoms with van der Waals surface area (Å²) in [7, 11) is 0. The quantitative estimate of drug-likeness (QED) is 0.592. The summed E-state index contributed by atoms with van der Waals surface area (Å²) in [5.74, 6) is 0.594. The minimum absolute atomic E-state index is 0.0463. The van der Waals surface area contributed by atoms with Crippen LogP contribution in [0.5, 0.6) is 0 Å². The Bertz CT molecular complexity index is 724. The van der Waals surface area contributed by atoms with Gasteiger partial charge in [-0.2, -0.15) is 0 Å². The van der Waals surface area contributed by atoms with Crippen LogP contribution in [-0.4, -0.2) is 33.6 Å². The molecule has 1 aromatic carbocycles. The van der Waals surface area contributed by atoms with E-state index in [4.69, 9.17) is 11.6 Å². The Kier molecular flexibility index (Phi) is 5.36. The van der Waals surface area contributed by atoms with Crippen molar-refractivity contribution in [1.82, 2.24) is 9.47 Å². The fourth-order valence-corrected chi connectivity index (χ4v) is 3.26. The minimum Gasteiger partial charge on any atom is -0.343 e. The van der Waals surface area contributed by atoms with Crippen molar-refractivity contribution in [3.63, 3.8) is 0 Å². The Hall–Kier alpha value is -2.07. The van der Waals surface area contributed by atoms with E-state index in [1.54, 1.807) is 11.0 Å². The number of unbranched alkanes of at least 4 members (excludes halogenated alkanes) is 1. The van der Waals surface area contributed by atoms with Crippen molar-refractivity contribution < 1.29 is 9.59 Å². The predicted molar refractivity (Wildman–Crippen MR) is 94.5 cm³/mol. The van der Waals surface area contributed by atoms with Gasteiger partial charge in [0.05, 0.1) is 0 Å². The predicted octanol–water partition coefficient (Wildman–Crippen LogP) is 3.74. The molecule has 1 aromatic heterocycles. The lowest BCUT2D eigenvalue weighted by Gasteiger charge is -2.21. The number of hydrogen-bond donors (Lipinski definition) is 0. The summed E-state index contributed by atoms with van der Waals surface area (Å²) in [6, 6.07) is 11.7. The molecule has 0 saturated carbocycles. The first-order valence-corrected chi connectivity index (χ1v) is 8.85. The molecule has 1 amide bonds. The Morgan fingerprint density at radius 1 is 1.04 bits per heavy atom. The van der Waals surface area contributed by atoms with Crippen LogP contribution in [0.4, 0.5) is 0 Å². The molecule has 3 rings (SSSR count). The number of amides is 1. The largest absolute Gasteiger partial charge is 0.343 e. The van der Waals surface area contributed by atoms with Crippen molar-refractivity contribution >= 4 is 23.3 Å². The van der Waals surface area contributed by atoms with Gasteiger partial charge in [-0.1, -0.05) is 30.3 Å². The number of ketones is 1. The van der Waals surface area contributed by atoms with Crippen LogP contribution in [0.3, 0.4) is 0 Å². The zero-order valence-electron chi connectivity index (χ0n) is 13.6. The van der Waals surface area contributed by atoms with Crippen LogP contribution in [0.25, 0.3) is 0 Å². The average Bonchev–Trinajstić information content (AvgIpc) is 2.98. The second kappa shape index (κ2) is 7.67. The van der Waals surface area contributed by atoms with E-state index in [-0.39, 0.29) is 11.7 Å². The molecule has 0 saturated heterocycles. The average molecular weight is 345 g/mol. The maximum Gasteiger partial charge on any atom is 0.271 e. The molecule has 5 heteroatoms. The number of nitrogens with zero attached hydrogens (tertiary/aromatic N) is 2. The lowest BCUT2D eigenvalue weighted by molar-refractivity contribution is 0.0735. The second-order valence-electron chi connectivity index (χ2n) is 6.05. The molecule has 0 unspecified atom stereocenters. The topological polar surface area (TPSA) is 42.3 Å². The van der Waals surface area contributed by atoms with E-state index in [0.717, 1.165) is 18.4 Å². The monoisotopic (exact) mass is 344 g/mol. The molecular formula is C19H21ClN2O2. The summed E-state index contributed by atoms with van der Waals surface area (Å²) in [6.45, 7) is 1.70. The van der Waals surface area contributed by atoms with Crippen LogP contribution >= 0.6 is 11.6 Å². The molecular weight excluding hydrogens is 324 g/mol. The number of halogens is 1. The van der Waals surface area contributed by atoms with Gasteiger partial charge in [-0.25, -0.2) is 0 Å². The molecule has 1 aliphatic heterocycles. The number of carbonyl (C=O) groups is 2. The van der Waals surface area contributed by atoms with Crippen molar-refractivity contribution in [3.8, 4) is 0 Å². The molecule has 126 valence electrons. The van der Waals surface area contributed by atoms with E-state index < -0.39 is 0 Å². The summed E-state index contributed by atoms with van der Waals surface area (Å²) in [5, 5.41) is 0. The number of aryl methyl sites for hydroxylation is 1. The molecule has 0 radical (unpaired) electrons. The first-order chi connectivity index (χ1) is 11.7. The van der Waals surface area contributed by atoms with Crippen LogP contribution in [-0.2, 0) is 13.1 Å². The Morgan fingerprint density at radius 2 is 1.83 bits per heavy atom. The standard InChI is InChI=1S/C19H21ClN2O2/c20-10-4-5-11-21-12-8-16-17(23)9-13-22(19(24)18(16)21)14-15-6-2-1-3-7-15/h1-3,6-8,12H,4-5,9-11,13-14H2. The number of rotatable bonds is 6. The lowest BCUT2D eigenvalue weighted by atomic mass is 10.1. The molecule has 0 bridgehead atoms. The minimum atomic E-state index is -0.0597. The molecule has 2 aromatic rings. The van der Waals surface area contributed by atoms with Gasteiger partial charge >= 0.3 is 0 Å². The van der Waals surface area contributed by atoms with Crippen molar-refractivity contribution in [1.29, 1.82) is 0 Å². The van der Waals surface area contributed by atoms with Gasteiger partial charge in [0.1, 0.15) is 5.69 Å². The van der Waals surface area contributed by atoms with Gasteiger partial charge in [0.15, 0.2) is 5.78 Å². The van der Waals surface area contributed by atoms with E-state index in [0.29, 0.717) is 43.2 Å². The summed E-state index contributed by atoms with van der Waals surface area (Å²) < 4.78 is 1.91.